The fourth-order valence-corrected chi connectivity index (χ4v) is 3.91. The number of rotatable bonds is 5. The van der Waals surface area contributed by atoms with Crippen LogP contribution in [0.25, 0.3) is 10.8 Å². The first-order valence-corrected chi connectivity index (χ1v) is 10.7. The first-order valence-electron chi connectivity index (χ1n) is 10.7. The maximum Gasteiger partial charge on any atom is 0.359 e. The van der Waals surface area contributed by atoms with Gasteiger partial charge in [-0.15, -0.1) is 0 Å². The van der Waals surface area contributed by atoms with Crippen molar-refractivity contribution in [2.75, 3.05) is 16.8 Å². The lowest BCUT2D eigenvalue weighted by Crippen LogP contribution is -2.59. The average molecular weight is 448 g/mol. The molecular formula is C24H24N4O5. The second-order valence-electron chi connectivity index (χ2n) is 8.26. The van der Waals surface area contributed by atoms with Crippen molar-refractivity contribution >= 4 is 39.9 Å². The van der Waals surface area contributed by atoms with Gasteiger partial charge in [-0.3, -0.25) is 19.3 Å². The monoisotopic (exact) mass is 448 g/mol. The van der Waals surface area contributed by atoms with E-state index in [1.165, 1.54) is 9.58 Å². The number of carbonyl (C=O) groups is 3. The van der Waals surface area contributed by atoms with Crippen molar-refractivity contribution in [2.24, 2.45) is 0 Å². The normalized spacial score (nSPS) is 14.5. The highest BCUT2D eigenvalue weighted by Crippen LogP contribution is 2.36. The number of aryl methyl sites for hydroxylation is 1. The predicted octanol–water partition coefficient (Wildman–Crippen LogP) is 2.73. The molecule has 2 heterocycles. The lowest BCUT2D eigenvalue weighted by molar-refractivity contribution is -0.128. The minimum Gasteiger partial charge on any atom is -0.451 e. The van der Waals surface area contributed by atoms with Crippen molar-refractivity contribution in [3.63, 3.8) is 0 Å². The van der Waals surface area contributed by atoms with Crippen LogP contribution in [0, 0.1) is 0 Å². The Hall–Kier alpha value is -4.01. The van der Waals surface area contributed by atoms with Gasteiger partial charge in [-0.2, -0.15) is 5.10 Å². The van der Waals surface area contributed by atoms with E-state index in [4.69, 9.17) is 4.74 Å². The Bertz CT molecular complexity index is 1330. The molecule has 0 spiro atoms. The number of benzene rings is 2. The lowest BCUT2D eigenvalue weighted by atomic mass is 9.96. The molecule has 3 aromatic rings. The van der Waals surface area contributed by atoms with Crippen LogP contribution in [0.4, 0.5) is 11.4 Å². The number of hydrogen-bond donors (Lipinski definition) is 1. The molecule has 0 saturated carbocycles. The quantitative estimate of drug-likeness (QED) is 0.601. The van der Waals surface area contributed by atoms with E-state index >= 15 is 0 Å². The summed E-state index contributed by atoms with van der Waals surface area (Å²) in [5.41, 5.74) is -0.499. The number of aromatic nitrogens is 2. The van der Waals surface area contributed by atoms with Crippen LogP contribution in [0.1, 0.15) is 37.7 Å². The molecule has 0 aliphatic carbocycles. The van der Waals surface area contributed by atoms with E-state index < -0.39 is 24.0 Å². The van der Waals surface area contributed by atoms with Crippen molar-refractivity contribution in [1.29, 1.82) is 0 Å². The number of nitrogens with zero attached hydrogens (tertiary/aromatic N) is 3. The highest BCUT2D eigenvalue weighted by molar-refractivity contribution is 6.14. The Morgan fingerprint density at radius 2 is 1.70 bits per heavy atom. The summed E-state index contributed by atoms with van der Waals surface area (Å²) in [6, 6.07) is 13.6. The number of anilines is 2. The van der Waals surface area contributed by atoms with Crippen LogP contribution in [0.15, 0.2) is 53.3 Å². The molecule has 33 heavy (non-hydrogen) atoms. The van der Waals surface area contributed by atoms with Gasteiger partial charge in [-0.05, 0) is 38.5 Å². The first-order chi connectivity index (χ1) is 15.8. The smallest absolute Gasteiger partial charge is 0.359 e. The van der Waals surface area contributed by atoms with Crippen LogP contribution in [-0.2, 0) is 20.9 Å². The topological polar surface area (TPSA) is 111 Å². The molecule has 1 aliphatic rings. The van der Waals surface area contributed by atoms with Gasteiger partial charge >= 0.3 is 5.97 Å². The molecule has 170 valence electrons. The Morgan fingerprint density at radius 3 is 2.42 bits per heavy atom. The number of esters is 1. The van der Waals surface area contributed by atoms with Gasteiger partial charge in [0, 0.05) is 11.9 Å². The molecule has 0 unspecified atom stereocenters. The summed E-state index contributed by atoms with van der Waals surface area (Å²) in [5, 5.41) is 7.69. The fourth-order valence-electron chi connectivity index (χ4n) is 3.91. The Morgan fingerprint density at radius 1 is 1.03 bits per heavy atom. The predicted molar refractivity (Wildman–Crippen MR) is 123 cm³/mol. The number of para-hydroxylation sites is 2. The zero-order valence-corrected chi connectivity index (χ0v) is 18.6. The summed E-state index contributed by atoms with van der Waals surface area (Å²) >= 11 is 0. The summed E-state index contributed by atoms with van der Waals surface area (Å²) in [6.07, 6.45) is 0.656. The van der Waals surface area contributed by atoms with Crippen LogP contribution >= 0.6 is 0 Å². The standard InChI is InChI=1S/C24H24N4O5/c1-4-13-27-21(30)16-10-6-5-9-15(16)20(26-27)22(31)33-14-19(29)28-18-12-8-7-11-17(18)25-23(32)24(28,2)3/h5-12H,4,13-14H2,1-3H3,(H,25,32). The zero-order chi connectivity index (χ0) is 23.8. The van der Waals surface area contributed by atoms with Gasteiger partial charge < -0.3 is 10.1 Å². The maximum atomic E-state index is 13.1. The van der Waals surface area contributed by atoms with Crippen LogP contribution in [0.3, 0.4) is 0 Å². The molecular weight excluding hydrogens is 424 g/mol. The van der Waals surface area contributed by atoms with Gasteiger partial charge in [0.15, 0.2) is 12.3 Å². The number of amides is 2. The molecule has 2 amide bonds. The van der Waals surface area contributed by atoms with Crippen LogP contribution in [-0.4, -0.2) is 39.7 Å². The number of hydrogen-bond acceptors (Lipinski definition) is 6. The Labute approximate surface area is 190 Å². The molecule has 0 radical (unpaired) electrons. The van der Waals surface area contributed by atoms with E-state index in [0.29, 0.717) is 35.1 Å². The highest BCUT2D eigenvalue weighted by atomic mass is 16.5. The minimum absolute atomic E-state index is 0.0394. The number of fused-ring (bicyclic) bond motifs is 2. The third-order valence-electron chi connectivity index (χ3n) is 5.58. The summed E-state index contributed by atoms with van der Waals surface area (Å²) in [4.78, 5) is 52.6. The minimum atomic E-state index is -1.18. The van der Waals surface area contributed by atoms with Crippen LogP contribution in [0.5, 0.6) is 0 Å². The van der Waals surface area contributed by atoms with E-state index in [2.05, 4.69) is 10.4 Å². The third-order valence-corrected chi connectivity index (χ3v) is 5.58. The average Bonchev–Trinajstić information content (AvgIpc) is 2.80. The van der Waals surface area contributed by atoms with Gasteiger partial charge in [0.2, 0.25) is 5.91 Å². The SMILES string of the molecule is CCCn1nc(C(=O)OCC(=O)N2c3ccccc3NC(=O)C2(C)C)c2ccccc2c1=O. The third kappa shape index (κ3) is 3.86. The van der Waals surface area contributed by atoms with Gasteiger partial charge in [0.05, 0.1) is 16.8 Å². The van der Waals surface area contributed by atoms with Gasteiger partial charge in [0.1, 0.15) is 5.54 Å². The first kappa shape index (κ1) is 22.2. The number of nitrogens with one attached hydrogen (secondary N) is 1. The molecule has 1 aliphatic heterocycles. The van der Waals surface area contributed by atoms with E-state index in [1.807, 2.05) is 6.92 Å². The van der Waals surface area contributed by atoms with Crippen LogP contribution < -0.4 is 15.8 Å². The number of carbonyl (C=O) groups excluding carboxylic acids is 3. The number of ether oxygens (including phenoxy) is 1. The summed E-state index contributed by atoms with van der Waals surface area (Å²) in [7, 11) is 0. The van der Waals surface area contributed by atoms with Crippen molar-refractivity contribution in [2.45, 2.75) is 39.3 Å². The van der Waals surface area contributed by atoms with E-state index in [-0.39, 0.29) is 17.2 Å². The molecule has 1 N–H and O–H groups in total. The maximum absolute atomic E-state index is 13.1. The summed E-state index contributed by atoms with van der Waals surface area (Å²) < 4.78 is 6.56. The Balaban J connectivity index is 1.63. The van der Waals surface area contributed by atoms with Gasteiger partial charge in [-0.1, -0.05) is 37.3 Å². The van der Waals surface area contributed by atoms with E-state index in [1.54, 1.807) is 62.4 Å². The van der Waals surface area contributed by atoms with Gasteiger partial charge in [-0.25, -0.2) is 9.48 Å². The second-order valence-corrected chi connectivity index (χ2v) is 8.26. The largest absolute Gasteiger partial charge is 0.451 e. The lowest BCUT2D eigenvalue weighted by Gasteiger charge is -2.41. The van der Waals surface area contributed by atoms with Gasteiger partial charge in [0.25, 0.3) is 11.5 Å². The van der Waals surface area contributed by atoms with Crippen molar-refractivity contribution in [1.82, 2.24) is 9.78 Å². The zero-order valence-electron chi connectivity index (χ0n) is 18.6. The molecule has 1 aromatic heterocycles. The highest BCUT2D eigenvalue weighted by Gasteiger charge is 2.43. The summed E-state index contributed by atoms with van der Waals surface area (Å²) in [6.45, 7) is 4.89. The molecule has 4 rings (SSSR count). The van der Waals surface area contributed by atoms with Crippen molar-refractivity contribution < 1.29 is 19.1 Å². The molecule has 9 heteroatoms. The van der Waals surface area contributed by atoms with E-state index in [9.17, 15) is 19.2 Å². The molecule has 0 atom stereocenters. The molecule has 0 fully saturated rings. The van der Waals surface area contributed by atoms with Crippen molar-refractivity contribution in [3.8, 4) is 0 Å². The molecule has 0 bridgehead atoms. The Kier molecular flexibility index (Phi) is 5.71. The molecule has 2 aromatic carbocycles. The van der Waals surface area contributed by atoms with Crippen LogP contribution in [0.2, 0.25) is 0 Å². The van der Waals surface area contributed by atoms with E-state index in [0.717, 1.165) is 0 Å². The molecule has 0 saturated heterocycles. The fraction of sp³-hybridized carbons (Fsp3) is 0.292. The van der Waals surface area contributed by atoms with Crippen molar-refractivity contribution in [3.05, 3.63) is 64.6 Å². The summed E-state index contributed by atoms with van der Waals surface area (Å²) in [5.74, 6) is -1.72. The second kappa shape index (κ2) is 8.50. The molecule has 9 nitrogen and oxygen atoms in total.